The highest BCUT2D eigenvalue weighted by Crippen LogP contribution is 2.32. The van der Waals surface area contributed by atoms with Crippen molar-refractivity contribution < 1.29 is 31.3 Å². The number of carbonyl (C=O) groups is 1. The van der Waals surface area contributed by atoms with Gasteiger partial charge in [0.05, 0.1) is 5.56 Å². The van der Waals surface area contributed by atoms with Crippen molar-refractivity contribution >= 4 is 5.91 Å². The van der Waals surface area contributed by atoms with E-state index in [0.717, 1.165) is 12.1 Å². The smallest absolute Gasteiger partial charge is 0.352 e. The summed E-state index contributed by atoms with van der Waals surface area (Å²) in [6.07, 6.45) is -4.77. The van der Waals surface area contributed by atoms with Crippen LogP contribution < -0.4 is 5.32 Å². The maximum absolute atomic E-state index is 13.1. The van der Waals surface area contributed by atoms with E-state index in [0.29, 0.717) is 11.6 Å². The number of aryl methyl sites for hydroxylation is 1. The Hall–Kier alpha value is -3.30. The molecule has 3 rings (SSSR count). The van der Waals surface area contributed by atoms with E-state index in [1.54, 1.807) is 0 Å². The molecule has 3 aromatic rings. The number of hydrogen-bond acceptors (Lipinski definition) is 4. The zero-order valence-electron chi connectivity index (χ0n) is 14.8. The van der Waals surface area contributed by atoms with Gasteiger partial charge in [-0.05, 0) is 42.0 Å². The Balaban J connectivity index is 1.56. The molecule has 29 heavy (non-hydrogen) atoms. The van der Waals surface area contributed by atoms with Crippen molar-refractivity contribution in [2.75, 3.05) is 0 Å². The molecule has 152 valence electrons. The third-order valence-electron chi connectivity index (χ3n) is 3.99. The predicted octanol–water partition coefficient (Wildman–Crippen LogP) is 4.28. The Labute approximate surface area is 161 Å². The number of amides is 1. The highest BCUT2D eigenvalue weighted by molar-refractivity contribution is 5.76. The van der Waals surface area contributed by atoms with Crippen LogP contribution >= 0.6 is 0 Å². The lowest BCUT2D eigenvalue weighted by atomic mass is 10.1. The van der Waals surface area contributed by atoms with Crippen molar-refractivity contribution in [3.05, 3.63) is 71.1 Å². The normalized spacial score (nSPS) is 11.5. The molecule has 0 spiro atoms. The van der Waals surface area contributed by atoms with Gasteiger partial charge in [0.25, 0.3) is 0 Å². The number of rotatable bonds is 6. The second-order valence-electron chi connectivity index (χ2n) is 6.09. The first kappa shape index (κ1) is 20.4. The monoisotopic (exact) mass is 411 g/mol. The van der Waals surface area contributed by atoms with Gasteiger partial charge in [0.1, 0.15) is 11.6 Å². The lowest BCUT2D eigenvalue weighted by Crippen LogP contribution is -2.24. The molecule has 0 unspecified atom stereocenters. The summed E-state index contributed by atoms with van der Waals surface area (Å²) in [5, 5.41) is 6.09. The summed E-state index contributed by atoms with van der Waals surface area (Å²) in [4.78, 5) is 16.0. The molecule has 0 saturated heterocycles. The van der Waals surface area contributed by atoms with Crippen LogP contribution in [-0.4, -0.2) is 16.0 Å². The SMILES string of the molecule is O=C(CCc1nc(-c2ccc(F)cc2)no1)NCc1ccc(F)cc1C(F)(F)F. The van der Waals surface area contributed by atoms with E-state index in [4.69, 9.17) is 4.52 Å². The molecule has 0 saturated carbocycles. The maximum atomic E-state index is 13.1. The van der Waals surface area contributed by atoms with Crippen molar-refractivity contribution in [3.63, 3.8) is 0 Å². The van der Waals surface area contributed by atoms with Crippen LogP contribution in [0.15, 0.2) is 47.0 Å². The second-order valence-corrected chi connectivity index (χ2v) is 6.09. The molecule has 0 aliphatic carbocycles. The molecule has 0 fully saturated rings. The first-order valence-corrected chi connectivity index (χ1v) is 8.43. The quantitative estimate of drug-likeness (QED) is 0.615. The molecule has 2 aromatic carbocycles. The average Bonchev–Trinajstić information content (AvgIpc) is 3.14. The van der Waals surface area contributed by atoms with E-state index in [9.17, 15) is 26.7 Å². The minimum absolute atomic E-state index is 0.0651. The van der Waals surface area contributed by atoms with Crippen molar-refractivity contribution in [2.45, 2.75) is 25.6 Å². The molecule has 1 N–H and O–H groups in total. The van der Waals surface area contributed by atoms with Gasteiger partial charge in [0.15, 0.2) is 0 Å². The standard InChI is InChI=1S/C19H14F5N3O2/c20-13-4-1-11(2-5-13)18-26-17(29-27-18)8-7-16(28)25-10-12-3-6-14(21)9-15(12)19(22,23)24/h1-6,9H,7-8,10H2,(H,25,28). The Morgan fingerprint density at radius 2 is 1.72 bits per heavy atom. The number of nitrogens with zero attached hydrogens (tertiary/aromatic N) is 2. The van der Waals surface area contributed by atoms with E-state index >= 15 is 0 Å². The highest BCUT2D eigenvalue weighted by Gasteiger charge is 2.33. The van der Waals surface area contributed by atoms with Gasteiger partial charge in [-0.25, -0.2) is 8.78 Å². The van der Waals surface area contributed by atoms with Gasteiger partial charge >= 0.3 is 6.18 Å². The molecule has 0 aliphatic heterocycles. The third-order valence-corrected chi connectivity index (χ3v) is 3.99. The van der Waals surface area contributed by atoms with E-state index in [-0.39, 0.29) is 30.1 Å². The van der Waals surface area contributed by atoms with Crippen molar-refractivity contribution in [2.24, 2.45) is 0 Å². The zero-order chi connectivity index (χ0) is 21.0. The maximum Gasteiger partial charge on any atom is 0.416 e. The molecule has 10 heteroatoms. The number of halogens is 5. The van der Waals surface area contributed by atoms with Gasteiger partial charge < -0.3 is 9.84 Å². The molecule has 5 nitrogen and oxygen atoms in total. The molecule has 0 atom stereocenters. The minimum Gasteiger partial charge on any atom is -0.352 e. The molecule has 0 aliphatic rings. The number of aromatic nitrogens is 2. The van der Waals surface area contributed by atoms with Gasteiger partial charge in [0, 0.05) is 24.9 Å². The summed E-state index contributed by atoms with van der Waals surface area (Å²) in [6.45, 7) is -0.404. The molecule has 0 bridgehead atoms. The number of carbonyl (C=O) groups excluding carboxylic acids is 1. The fourth-order valence-corrected chi connectivity index (χ4v) is 2.54. The number of nitrogens with one attached hydrogen (secondary N) is 1. The lowest BCUT2D eigenvalue weighted by molar-refractivity contribution is -0.138. The van der Waals surface area contributed by atoms with Crippen LogP contribution in [0.1, 0.15) is 23.4 Å². The van der Waals surface area contributed by atoms with Gasteiger partial charge in [-0.15, -0.1) is 0 Å². The van der Waals surface area contributed by atoms with E-state index in [1.807, 2.05) is 0 Å². The number of alkyl halides is 3. The van der Waals surface area contributed by atoms with Crippen molar-refractivity contribution in [3.8, 4) is 11.4 Å². The predicted molar refractivity (Wildman–Crippen MR) is 91.3 cm³/mol. The summed E-state index contributed by atoms with van der Waals surface area (Å²) >= 11 is 0. The number of benzene rings is 2. The summed E-state index contributed by atoms with van der Waals surface area (Å²) in [5.41, 5.74) is -0.857. The fourth-order valence-electron chi connectivity index (χ4n) is 2.54. The van der Waals surface area contributed by atoms with E-state index < -0.39 is 35.8 Å². The Kier molecular flexibility index (Phi) is 5.90. The first-order valence-electron chi connectivity index (χ1n) is 8.43. The topological polar surface area (TPSA) is 68.0 Å². The van der Waals surface area contributed by atoms with Gasteiger partial charge in [-0.1, -0.05) is 11.2 Å². The van der Waals surface area contributed by atoms with Crippen molar-refractivity contribution in [1.82, 2.24) is 15.5 Å². The van der Waals surface area contributed by atoms with Crippen LogP contribution in [0.4, 0.5) is 22.0 Å². The summed E-state index contributed by atoms with van der Waals surface area (Å²) in [7, 11) is 0. The lowest BCUT2D eigenvalue weighted by Gasteiger charge is -2.13. The Morgan fingerprint density at radius 3 is 2.41 bits per heavy atom. The van der Waals surface area contributed by atoms with E-state index in [2.05, 4.69) is 15.5 Å². The van der Waals surface area contributed by atoms with Gasteiger partial charge in [-0.2, -0.15) is 18.2 Å². The van der Waals surface area contributed by atoms with Crippen LogP contribution in [0.25, 0.3) is 11.4 Å². The van der Waals surface area contributed by atoms with Crippen molar-refractivity contribution in [1.29, 1.82) is 0 Å². The largest absolute Gasteiger partial charge is 0.416 e. The molecular formula is C19H14F5N3O2. The van der Waals surface area contributed by atoms with Crippen LogP contribution in [0.2, 0.25) is 0 Å². The second kappa shape index (κ2) is 8.38. The molecular weight excluding hydrogens is 397 g/mol. The zero-order valence-corrected chi connectivity index (χ0v) is 14.8. The Morgan fingerprint density at radius 1 is 1.03 bits per heavy atom. The first-order chi connectivity index (χ1) is 13.7. The fraction of sp³-hybridized carbons (Fsp3) is 0.211. The van der Waals surface area contributed by atoms with Crippen LogP contribution in [0.5, 0.6) is 0 Å². The molecule has 0 radical (unpaired) electrons. The average molecular weight is 411 g/mol. The van der Waals surface area contributed by atoms with Gasteiger partial charge in [0.2, 0.25) is 17.6 Å². The summed E-state index contributed by atoms with van der Waals surface area (Å²) < 4.78 is 69.9. The molecule has 1 heterocycles. The summed E-state index contributed by atoms with van der Waals surface area (Å²) in [5.74, 6) is -1.59. The van der Waals surface area contributed by atoms with E-state index in [1.165, 1.54) is 24.3 Å². The van der Waals surface area contributed by atoms with Crippen LogP contribution in [0.3, 0.4) is 0 Å². The highest BCUT2D eigenvalue weighted by atomic mass is 19.4. The Bertz CT molecular complexity index is 1000. The number of hydrogen-bond donors (Lipinski definition) is 1. The van der Waals surface area contributed by atoms with Crippen LogP contribution in [0, 0.1) is 11.6 Å². The van der Waals surface area contributed by atoms with Gasteiger partial charge in [-0.3, -0.25) is 4.79 Å². The molecule has 1 amide bonds. The van der Waals surface area contributed by atoms with Crippen LogP contribution in [-0.2, 0) is 23.9 Å². The minimum atomic E-state index is -4.73. The molecule has 1 aromatic heterocycles. The summed E-state index contributed by atoms with van der Waals surface area (Å²) in [6, 6.07) is 7.68. The third kappa shape index (κ3) is 5.37.